The van der Waals surface area contributed by atoms with Gasteiger partial charge >= 0.3 is 0 Å². The topological polar surface area (TPSA) is 0 Å². The third kappa shape index (κ3) is 89.5. The summed E-state index contributed by atoms with van der Waals surface area (Å²) < 4.78 is 0. The van der Waals surface area contributed by atoms with E-state index < -0.39 is 0 Å². The van der Waals surface area contributed by atoms with Gasteiger partial charge < -0.3 is 0 Å². The monoisotopic (exact) mass is 283 g/mol. The van der Waals surface area contributed by atoms with Crippen LogP contribution < -0.4 is 0 Å². The van der Waals surface area contributed by atoms with Crippen molar-refractivity contribution in [3.8, 4) is 0 Å². The van der Waals surface area contributed by atoms with E-state index in [9.17, 15) is 0 Å². The van der Waals surface area contributed by atoms with Crippen molar-refractivity contribution in [2.24, 2.45) is 0 Å². The van der Waals surface area contributed by atoms with E-state index in [0.717, 1.165) is 0 Å². The first-order chi connectivity index (χ1) is 0. The molecule has 0 spiro atoms. The Balaban J connectivity index is 0. The van der Waals surface area contributed by atoms with Gasteiger partial charge in [0.25, 0.3) is 0 Å². The quantitative estimate of drug-likeness (QED) is 0.409. The van der Waals surface area contributed by atoms with Crippen LogP contribution in [0.4, 0.5) is 28.2 Å². The van der Waals surface area contributed by atoms with Gasteiger partial charge in [-0.3, -0.25) is 28.2 Å². The summed E-state index contributed by atoms with van der Waals surface area (Å²) in [4.78, 5) is 0. The van der Waals surface area contributed by atoms with Crippen molar-refractivity contribution in [3.05, 3.63) is 0 Å². The molecule has 0 aromatic carbocycles. The Kier molecular flexibility index (Phi) is 2970. The van der Waals surface area contributed by atoms with Crippen LogP contribution in [0.15, 0.2) is 0 Å². The van der Waals surface area contributed by atoms with Gasteiger partial charge in [0, 0.05) is 68.9 Å². The van der Waals surface area contributed by atoms with E-state index in [0.29, 0.717) is 0 Å². The van der Waals surface area contributed by atoms with Gasteiger partial charge in [-0.05, 0) is 0 Å². The average Bonchev–Trinajstić information content (AvgIpc) is 0. The molecule has 0 N–H and O–H groups in total. The number of hydrogen-bond acceptors (Lipinski definition) is 0. The normalized spacial score (nSPS) is 0. The maximum atomic E-state index is 0. The van der Waals surface area contributed by atoms with E-state index >= 15 is 0 Å². The van der Waals surface area contributed by atoms with Crippen LogP contribution in [-0.2, 0) is 0 Å². The minimum atomic E-state index is 0. The van der Waals surface area contributed by atoms with E-state index in [1.807, 2.05) is 0 Å². The third-order valence-corrected chi connectivity index (χ3v) is 0. The molecule has 0 aliphatic heterocycles. The fourth-order valence-corrected chi connectivity index (χ4v) is 0. The van der Waals surface area contributed by atoms with Crippen LogP contribution in [0, 0.1) is 0 Å². The molecule has 55 valence electrons. The molecule has 0 nitrogen and oxygen atoms in total. The Hall–Kier alpha value is 2.16. The van der Waals surface area contributed by atoms with Crippen LogP contribution >= 0.6 is 0 Å². The molecule has 8 heavy (non-hydrogen) atoms. The van der Waals surface area contributed by atoms with Crippen LogP contribution in [0.5, 0.6) is 0 Å². The molecule has 0 unspecified atom stereocenters. The molecule has 0 aliphatic carbocycles. The second-order valence-electron chi connectivity index (χ2n) is 0. The van der Waals surface area contributed by atoms with E-state index in [-0.39, 0.29) is 114 Å². The maximum Gasteiger partial charge on any atom is 0.187 e. The third-order valence-electron chi connectivity index (χ3n) is 0. The van der Waals surface area contributed by atoms with Crippen LogP contribution in [0.25, 0.3) is 0 Å². The molecular formula is H9AlCsF6. The summed E-state index contributed by atoms with van der Waals surface area (Å²) in [7, 11) is 0. The SMILES string of the molecule is F.F.F.F.F.F.[AlH3].[Cs]. The summed E-state index contributed by atoms with van der Waals surface area (Å²) in [6, 6.07) is 0. The van der Waals surface area contributed by atoms with Gasteiger partial charge in [-0.25, -0.2) is 0 Å². The zero-order valence-corrected chi connectivity index (χ0v) is 9.73. The van der Waals surface area contributed by atoms with Gasteiger partial charge in [0.15, 0.2) is 17.4 Å². The molecule has 0 fully saturated rings. The molecule has 0 atom stereocenters. The van der Waals surface area contributed by atoms with Gasteiger partial charge in [0.2, 0.25) is 0 Å². The predicted octanol–water partition coefficient (Wildman–Crippen LogP) is -0.650. The van der Waals surface area contributed by atoms with Crippen LogP contribution in [0.2, 0.25) is 0 Å². The second kappa shape index (κ2) is 130. The van der Waals surface area contributed by atoms with Gasteiger partial charge in [0.1, 0.15) is 0 Å². The molecule has 0 saturated heterocycles. The van der Waals surface area contributed by atoms with Crippen LogP contribution in [0.1, 0.15) is 0 Å². The fraction of sp³-hybridized carbons (Fsp3) is 0. The Labute approximate surface area is 112 Å². The Morgan fingerprint density at radius 2 is 0.375 bits per heavy atom. The Morgan fingerprint density at radius 3 is 0.375 bits per heavy atom. The van der Waals surface area contributed by atoms with Crippen LogP contribution in [-0.4, -0.2) is 86.3 Å². The molecule has 0 heterocycles. The number of rotatable bonds is 0. The fourth-order valence-electron chi connectivity index (χ4n) is 0. The predicted molar refractivity (Wildman–Crippen MR) is 30.7 cm³/mol. The van der Waals surface area contributed by atoms with Crippen LogP contribution in [0.3, 0.4) is 0 Å². The van der Waals surface area contributed by atoms with Crippen molar-refractivity contribution in [3.63, 3.8) is 0 Å². The summed E-state index contributed by atoms with van der Waals surface area (Å²) in [6.07, 6.45) is 0. The van der Waals surface area contributed by atoms with E-state index in [1.54, 1.807) is 0 Å². The Bertz CT molecular complexity index is 8.49. The van der Waals surface area contributed by atoms with Crippen molar-refractivity contribution in [1.29, 1.82) is 0 Å². The molecule has 0 aliphatic rings. The largest absolute Gasteiger partial charge is 0.269 e. The van der Waals surface area contributed by atoms with E-state index in [2.05, 4.69) is 0 Å². The first-order valence-corrected chi connectivity index (χ1v) is 0. The first-order valence-electron chi connectivity index (χ1n) is 0. The number of halogens is 6. The molecule has 8 heteroatoms. The van der Waals surface area contributed by atoms with Gasteiger partial charge in [0.05, 0.1) is 0 Å². The summed E-state index contributed by atoms with van der Waals surface area (Å²) in [5, 5.41) is 0. The Morgan fingerprint density at radius 1 is 0.375 bits per heavy atom. The molecule has 0 saturated carbocycles. The van der Waals surface area contributed by atoms with Crippen molar-refractivity contribution >= 4 is 86.3 Å². The zero-order valence-electron chi connectivity index (χ0n) is 3.45. The van der Waals surface area contributed by atoms with E-state index in [1.165, 1.54) is 0 Å². The molecule has 0 amide bonds. The molecule has 0 rings (SSSR count). The average molecular weight is 283 g/mol. The van der Waals surface area contributed by atoms with Crippen molar-refractivity contribution < 1.29 is 28.2 Å². The minimum absolute atomic E-state index is 0. The molecule has 0 bridgehead atoms. The molecule has 0 aromatic heterocycles. The van der Waals surface area contributed by atoms with Crippen molar-refractivity contribution in [2.45, 2.75) is 0 Å². The minimum Gasteiger partial charge on any atom is -0.269 e. The van der Waals surface area contributed by atoms with Crippen molar-refractivity contribution in [1.82, 2.24) is 0 Å². The van der Waals surface area contributed by atoms with Gasteiger partial charge in [-0.15, -0.1) is 0 Å². The van der Waals surface area contributed by atoms with Crippen molar-refractivity contribution in [2.75, 3.05) is 0 Å². The molecular weight excluding hydrogens is 274 g/mol. The standard InChI is InChI=1S/Al.Cs.6FH.3H/h;;6*1H;;;. The smallest absolute Gasteiger partial charge is 0.187 e. The number of hydrogen-bond donors (Lipinski definition) is 0. The molecule has 1 radical (unpaired) electrons. The summed E-state index contributed by atoms with van der Waals surface area (Å²) >= 11 is 0. The molecule has 0 aromatic rings. The van der Waals surface area contributed by atoms with Gasteiger partial charge in [-0.1, -0.05) is 0 Å². The second-order valence-corrected chi connectivity index (χ2v) is 0. The summed E-state index contributed by atoms with van der Waals surface area (Å²) in [5.74, 6) is 0. The summed E-state index contributed by atoms with van der Waals surface area (Å²) in [5.41, 5.74) is 0. The zero-order chi connectivity index (χ0) is 0. The maximum absolute atomic E-state index is 0. The van der Waals surface area contributed by atoms with E-state index in [4.69, 9.17) is 0 Å². The summed E-state index contributed by atoms with van der Waals surface area (Å²) in [6.45, 7) is 0. The first kappa shape index (κ1) is 182. The van der Waals surface area contributed by atoms with Gasteiger partial charge in [-0.2, -0.15) is 0 Å².